The first kappa shape index (κ1) is 15.3. The van der Waals surface area contributed by atoms with E-state index in [2.05, 4.69) is 31.9 Å². The molecule has 1 aromatic carbocycles. The molecule has 0 radical (unpaired) electrons. The van der Waals surface area contributed by atoms with Crippen molar-refractivity contribution in [2.45, 2.75) is 29.5 Å². The van der Waals surface area contributed by atoms with Crippen LogP contribution in [0.5, 0.6) is 0 Å². The van der Waals surface area contributed by atoms with Gasteiger partial charge < -0.3 is 0 Å². The third kappa shape index (κ3) is 2.98. The number of hydrogen-bond donors (Lipinski definition) is 1. The largest absolute Gasteiger partial charge is 0.407 e. The highest BCUT2D eigenvalue weighted by Gasteiger charge is 2.65. The predicted octanol–water partition coefficient (Wildman–Crippen LogP) is 3.58. The Morgan fingerprint density at radius 2 is 1.79 bits per heavy atom. The maximum absolute atomic E-state index is 12.8. The lowest BCUT2D eigenvalue weighted by atomic mass is 10.3. The van der Waals surface area contributed by atoms with Crippen LogP contribution in [0.1, 0.15) is 12.8 Å². The lowest BCUT2D eigenvalue weighted by Crippen LogP contribution is -2.47. The topological polar surface area (TPSA) is 46.2 Å². The molecule has 0 unspecified atom stereocenters. The molecule has 1 aromatic rings. The zero-order valence-electron chi connectivity index (χ0n) is 9.26. The Morgan fingerprint density at radius 1 is 1.21 bits per heavy atom. The number of sulfonamides is 1. The number of alkyl halides is 3. The third-order valence-electron chi connectivity index (χ3n) is 2.81. The van der Waals surface area contributed by atoms with Crippen molar-refractivity contribution in [3.05, 3.63) is 27.1 Å². The van der Waals surface area contributed by atoms with Crippen molar-refractivity contribution in [1.29, 1.82) is 0 Å². The summed E-state index contributed by atoms with van der Waals surface area (Å²) < 4.78 is 64.9. The molecule has 2 rings (SSSR count). The van der Waals surface area contributed by atoms with E-state index in [1.165, 1.54) is 12.1 Å². The molecule has 106 valence electrons. The second-order valence-corrected chi connectivity index (χ2v) is 7.68. The summed E-state index contributed by atoms with van der Waals surface area (Å²) in [4.78, 5) is -0.225. The fraction of sp³-hybridized carbons (Fsp3) is 0.400. The molecular formula is C10H8Br2F3NO2S. The predicted molar refractivity (Wildman–Crippen MR) is 70.2 cm³/mol. The van der Waals surface area contributed by atoms with Crippen LogP contribution in [0.25, 0.3) is 0 Å². The number of benzene rings is 1. The van der Waals surface area contributed by atoms with Gasteiger partial charge >= 0.3 is 6.18 Å². The molecule has 0 amide bonds. The summed E-state index contributed by atoms with van der Waals surface area (Å²) in [5.41, 5.74) is -2.31. The molecular weight excluding hydrogens is 415 g/mol. The summed E-state index contributed by atoms with van der Waals surface area (Å²) in [6.07, 6.45) is -5.05. The molecule has 0 spiro atoms. The van der Waals surface area contributed by atoms with Gasteiger partial charge in [0.15, 0.2) is 0 Å². The third-order valence-corrected chi connectivity index (χ3v) is 5.83. The maximum atomic E-state index is 12.8. The van der Waals surface area contributed by atoms with Gasteiger partial charge in [0, 0.05) is 8.95 Å². The molecule has 1 fully saturated rings. The Morgan fingerprint density at radius 3 is 2.26 bits per heavy atom. The van der Waals surface area contributed by atoms with E-state index in [-0.39, 0.29) is 22.2 Å². The van der Waals surface area contributed by atoms with Gasteiger partial charge in [-0.15, -0.1) is 0 Å². The minimum Gasteiger partial charge on any atom is -0.207 e. The number of rotatable bonds is 3. The smallest absolute Gasteiger partial charge is 0.207 e. The van der Waals surface area contributed by atoms with Crippen LogP contribution >= 0.6 is 31.9 Å². The van der Waals surface area contributed by atoms with E-state index in [4.69, 9.17) is 0 Å². The highest BCUT2D eigenvalue weighted by Crippen LogP contribution is 2.50. The van der Waals surface area contributed by atoms with Gasteiger partial charge in [-0.3, -0.25) is 0 Å². The van der Waals surface area contributed by atoms with Gasteiger partial charge in [0.2, 0.25) is 10.0 Å². The van der Waals surface area contributed by atoms with Crippen LogP contribution in [0.15, 0.2) is 32.0 Å². The van der Waals surface area contributed by atoms with Gasteiger partial charge in [-0.05, 0) is 47.0 Å². The fourth-order valence-electron chi connectivity index (χ4n) is 1.56. The quantitative estimate of drug-likeness (QED) is 0.809. The van der Waals surface area contributed by atoms with Crippen molar-refractivity contribution in [2.24, 2.45) is 0 Å². The van der Waals surface area contributed by atoms with E-state index < -0.39 is 21.7 Å². The number of nitrogens with one attached hydrogen (secondary N) is 1. The molecule has 1 aliphatic carbocycles. The van der Waals surface area contributed by atoms with E-state index in [1.807, 2.05) is 0 Å². The zero-order chi connectivity index (χ0) is 14.5. The van der Waals surface area contributed by atoms with Gasteiger partial charge in [-0.1, -0.05) is 15.9 Å². The summed E-state index contributed by atoms with van der Waals surface area (Å²) in [7, 11) is -4.24. The number of halogens is 5. The molecule has 19 heavy (non-hydrogen) atoms. The fourth-order valence-corrected chi connectivity index (χ4v) is 4.51. The average molecular weight is 423 g/mol. The molecule has 1 N–H and O–H groups in total. The van der Waals surface area contributed by atoms with E-state index in [9.17, 15) is 21.6 Å². The highest BCUT2D eigenvalue weighted by atomic mass is 79.9. The maximum Gasteiger partial charge on any atom is 0.407 e. The molecule has 1 aliphatic rings. The summed E-state index contributed by atoms with van der Waals surface area (Å²) in [6.45, 7) is 0. The van der Waals surface area contributed by atoms with Crippen LogP contribution in [0, 0.1) is 0 Å². The highest BCUT2D eigenvalue weighted by molar-refractivity contribution is 9.11. The lowest BCUT2D eigenvalue weighted by Gasteiger charge is -2.21. The first-order valence-electron chi connectivity index (χ1n) is 5.13. The summed E-state index contributed by atoms with van der Waals surface area (Å²) >= 11 is 6.11. The van der Waals surface area contributed by atoms with E-state index in [0.29, 0.717) is 4.47 Å². The van der Waals surface area contributed by atoms with Crippen LogP contribution in [0.3, 0.4) is 0 Å². The van der Waals surface area contributed by atoms with E-state index in [0.717, 1.165) is 0 Å². The van der Waals surface area contributed by atoms with Gasteiger partial charge in [-0.25, -0.2) is 8.42 Å². The zero-order valence-corrected chi connectivity index (χ0v) is 13.2. The Kier molecular flexibility index (Phi) is 3.79. The summed E-state index contributed by atoms with van der Waals surface area (Å²) in [5, 5.41) is 0. The molecule has 0 heterocycles. The molecule has 0 aliphatic heterocycles. The minimum atomic E-state index is -4.58. The SMILES string of the molecule is O=S(=O)(NC1(C(F)(F)F)CC1)c1cc(Br)ccc1Br. The first-order chi connectivity index (χ1) is 8.57. The normalized spacial score (nSPS) is 18.4. The van der Waals surface area contributed by atoms with E-state index >= 15 is 0 Å². The summed E-state index contributed by atoms with van der Waals surface area (Å²) in [6, 6.07) is 4.28. The van der Waals surface area contributed by atoms with Crippen LogP contribution < -0.4 is 4.72 Å². The van der Waals surface area contributed by atoms with Crippen LogP contribution in [0.2, 0.25) is 0 Å². The van der Waals surface area contributed by atoms with Gasteiger partial charge in [-0.2, -0.15) is 17.9 Å². The monoisotopic (exact) mass is 421 g/mol. The molecule has 1 saturated carbocycles. The Balaban J connectivity index is 2.37. The first-order valence-corrected chi connectivity index (χ1v) is 8.20. The van der Waals surface area contributed by atoms with Crippen LogP contribution in [-0.2, 0) is 10.0 Å². The Hall–Kier alpha value is -0.120. The molecule has 0 saturated heterocycles. The van der Waals surface area contributed by atoms with Gasteiger partial charge in [0.1, 0.15) is 5.54 Å². The minimum absolute atomic E-state index is 0.209. The van der Waals surface area contributed by atoms with Crippen LogP contribution in [0.4, 0.5) is 13.2 Å². The van der Waals surface area contributed by atoms with Crippen molar-refractivity contribution in [3.63, 3.8) is 0 Å². The average Bonchev–Trinajstić information content (AvgIpc) is 3.01. The second kappa shape index (κ2) is 4.71. The van der Waals surface area contributed by atoms with Gasteiger partial charge in [0.25, 0.3) is 0 Å². The molecule has 9 heteroatoms. The lowest BCUT2D eigenvalue weighted by molar-refractivity contribution is -0.160. The van der Waals surface area contributed by atoms with Crippen molar-refractivity contribution >= 4 is 41.9 Å². The Bertz CT molecular complexity index is 612. The molecule has 0 atom stereocenters. The summed E-state index contributed by atoms with van der Waals surface area (Å²) in [5.74, 6) is 0. The van der Waals surface area contributed by atoms with Crippen molar-refractivity contribution in [1.82, 2.24) is 4.72 Å². The number of hydrogen-bond acceptors (Lipinski definition) is 2. The second-order valence-electron chi connectivity index (χ2n) is 4.26. The standard InChI is InChI=1S/C10H8Br2F3NO2S/c11-6-1-2-7(12)8(5-6)19(17,18)16-9(3-4-9)10(13,14)15/h1-2,5,16H,3-4H2. The Labute approximate surface area is 124 Å². The van der Waals surface area contributed by atoms with Crippen molar-refractivity contribution in [2.75, 3.05) is 0 Å². The van der Waals surface area contributed by atoms with Gasteiger partial charge in [0.05, 0.1) is 4.90 Å². The molecule has 0 aromatic heterocycles. The van der Waals surface area contributed by atoms with E-state index in [1.54, 1.807) is 10.8 Å². The van der Waals surface area contributed by atoms with Crippen LogP contribution in [-0.4, -0.2) is 20.1 Å². The van der Waals surface area contributed by atoms with Crippen molar-refractivity contribution in [3.8, 4) is 0 Å². The van der Waals surface area contributed by atoms with Crippen molar-refractivity contribution < 1.29 is 21.6 Å². The molecule has 0 bridgehead atoms. The molecule has 3 nitrogen and oxygen atoms in total.